The van der Waals surface area contributed by atoms with E-state index in [-0.39, 0.29) is 5.91 Å². The van der Waals surface area contributed by atoms with Gasteiger partial charge in [0, 0.05) is 18.2 Å². The molecule has 1 fully saturated rings. The molecule has 0 saturated heterocycles. The van der Waals surface area contributed by atoms with E-state index in [9.17, 15) is 4.79 Å². The molecule has 0 heterocycles. The van der Waals surface area contributed by atoms with E-state index in [1.807, 2.05) is 36.2 Å². The fourth-order valence-corrected chi connectivity index (χ4v) is 2.00. The van der Waals surface area contributed by atoms with Crippen molar-refractivity contribution in [3.63, 3.8) is 0 Å². The van der Waals surface area contributed by atoms with Crippen LogP contribution in [0.2, 0.25) is 0 Å². The fourth-order valence-electron chi connectivity index (χ4n) is 1.86. The predicted molar refractivity (Wildman–Crippen MR) is 86.5 cm³/mol. The van der Waals surface area contributed by atoms with Gasteiger partial charge in [0.05, 0.1) is 6.54 Å². The summed E-state index contributed by atoms with van der Waals surface area (Å²) >= 11 is 4.89. The molecule has 114 valence electrons. The molecule has 0 aromatic heterocycles. The number of likely N-dealkylation sites (N-methyl/N-ethyl adjacent to an activating group) is 1. The highest BCUT2D eigenvalue weighted by molar-refractivity contribution is 7.80. The number of hydrogen-bond acceptors (Lipinski definition) is 4. The zero-order chi connectivity index (χ0) is 15.2. The molecule has 1 saturated carbocycles. The quantitative estimate of drug-likeness (QED) is 0.699. The summed E-state index contributed by atoms with van der Waals surface area (Å²) < 4.78 is 5.63. The van der Waals surface area contributed by atoms with Crippen LogP contribution in [-0.4, -0.2) is 48.6 Å². The van der Waals surface area contributed by atoms with Gasteiger partial charge in [-0.15, -0.1) is 0 Å². The standard InChI is InChI=1S/C15H21N3O2S/c1-18(10-14(19)17-12-4-5-12)8-9-20-13-6-2-11(3-7-13)15(16)21/h2-3,6-7,12H,4-5,8-10H2,1H3,(H2,16,21)(H,17,19). The summed E-state index contributed by atoms with van der Waals surface area (Å²) in [5, 5.41) is 2.96. The van der Waals surface area contributed by atoms with Crippen molar-refractivity contribution in [3.8, 4) is 5.75 Å². The lowest BCUT2D eigenvalue weighted by molar-refractivity contribution is -0.122. The van der Waals surface area contributed by atoms with Gasteiger partial charge in [-0.3, -0.25) is 9.69 Å². The molecule has 0 aliphatic heterocycles. The Labute approximate surface area is 130 Å². The van der Waals surface area contributed by atoms with E-state index in [0.29, 0.717) is 30.7 Å². The van der Waals surface area contributed by atoms with Crippen LogP contribution in [0, 0.1) is 0 Å². The molecule has 1 aliphatic rings. The van der Waals surface area contributed by atoms with Crippen LogP contribution in [-0.2, 0) is 4.79 Å². The summed E-state index contributed by atoms with van der Waals surface area (Å²) in [5.41, 5.74) is 6.36. The summed E-state index contributed by atoms with van der Waals surface area (Å²) in [6.07, 6.45) is 2.22. The molecule has 0 spiro atoms. The topological polar surface area (TPSA) is 67.6 Å². The number of ether oxygens (including phenoxy) is 1. The first kappa shape index (κ1) is 15.7. The molecule has 0 unspecified atom stereocenters. The first-order valence-corrected chi connectivity index (χ1v) is 7.46. The second-order valence-electron chi connectivity index (χ2n) is 5.32. The second kappa shape index (κ2) is 7.38. The van der Waals surface area contributed by atoms with Crippen molar-refractivity contribution < 1.29 is 9.53 Å². The number of carbonyl (C=O) groups excluding carboxylic acids is 1. The zero-order valence-electron chi connectivity index (χ0n) is 12.2. The molecule has 0 atom stereocenters. The Morgan fingerprint density at radius 3 is 2.67 bits per heavy atom. The lowest BCUT2D eigenvalue weighted by Gasteiger charge is -2.16. The molecular weight excluding hydrogens is 286 g/mol. The molecule has 3 N–H and O–H groups in total. The molecule has 0 radical (unpaired) electrons. The molecule has 1 amide bonds. The summed E-state index contributed by atoms with van der Waals surface area (Å²) in [4.78, 5) is 13.9. The van der Waals surface area contributed by atoms with Gasteiger partial charge in [-0.25, -0.2) is 0 Å². The predicted octanol–water partition coefficient (Wildman–Crippen LogP) is 0.910. The van der Waals surface area contributed by atoms with Crippen molar-refractivity contribution in [1.82, 2.24) is 10.2 Å². The third kappa shape index (κ3) is 5.69. The fraction of sp³-hybridized carbons (Fsp3) is 0.467. The van der Waals surface area contributed by atoms with Gasteiger partial charge in [-0.1, -0.05) is 12.2 Å². The molecule has 1 aliphatic carbocycles. The van der Waals surface area contributed by atoms with E-state index in [1.165, 1.54) is 0 Å². The monoisotopic (exact) mass is 307 g/mol. The summed E-state index contributed by atoms with van der Waals surface area (Å²) in [7, 11) is 1.91. The van der Waals surface area contributed by atoms with Crippen LogP contribution in [0.1, 0.15) is 18.4 Å². The Bertz CT molecular complexity index is 500. The lowest BCUT2D eigenvalue weighted by atomic mass is 10.2. The van der Waals surface area contributed by atoms with E-state index < -0.39 is 0 Å². The van der Waals surface area contributed by atoms with Gasteiger partial charge in [0.15, 0.2) is 0 Å². The number of rotatable bonds is 8. The summed E-state index contributed by atoms with van der Waals surface area (Å²) in [5.74, 6) is 0.853. The van der Waals surface area contributed by atoms with Gasteiger partial charge in [0.2, 0.25) is 5.91 Å². The molecule has 5 nitrogen and oxygen atoms in total. The van der Waals surface area contributed by atoms with E-state index in [0.717, 1.165) is 24.2 Å². The molecule has 21 heavy (non-hydrogen) atoms. The molecule has 0 bridgehead atoms. The highest BCUT2D eigenvalue weighted by Gasteiger charge is 2.23. The Kier molecular flexibility index (Phi) is 5.52. The van der Waals surface area contributed by atoms with Crippen LogP contribution < -0.4 is 15.8 Å². The van der Waals surface area contributed by atoms with Crippen molar-refractivity contribution in [3.05, 3.63) is 29.8 Å². The van der Waals surface area contributed by atoms with Crippen LogP contribution in [0.3, 0.4) is 0 Å². The number of benzene rings is 1. The Morgan fingerprint density at radius 2 is 2.10 bits per heavy atom. The first-order chi connectivity index (χ1) is 10.0. The lowest BCUT2D eigenvalue weighted by Crippen LogP contribution is -2.37. The number of carbonyl (C=O) groups is 1. The molecular formula is C15H21N3O2S. The largest absolute Gasteiger partial charge is 0.492 e. The number of nitrogens with one attached hydrogen (secondary N) is 1. The number of nitrogens with zero attached hydrogens (tertiary/aromatic N) is 1. The normalized spacial score (nSPS) is 14.0. The van der Waals surface area contributed by atoms with Crippen molar-refractivity contribution in [2.45, 2.75) is 18.9 Å². The van der Waals surface area contributed by atoms with Crippen molar-refractivity contribution in [2.24, 2.45) is 5.73 Å². The maximum absolute atomic E-state index is 11.6. The van der Waals surface area contributed by atoms with Gasteiger partial charge in [-0.2, -0.15) is 0 Å². The number of nitrogens with two attached hydrogens (primary N) is 1. The maximum Gasteiger partial charge on any atom is 0.234 e. The average molecular weight is 307 g/mol. The maximum atomic E-state index is 11.6. The van der Waals surface area contributed by atoms with Crippen LogP contribution in [0.25, 0.3) is 0 Å². The molecule has 6 heteroatoms. The summed E-state index contributed by atoms with van der Waals surface area (Å²) in [6, 6.07) is 7.77. The second-order valence-corrected chi connectivity index (χ2v) is 5.76. The summed E-state index contributed by atoms with van der Waals surface area (Å²) in [6.45, 7) is 1.62. The smallest absolute Gasteiger partial charge is 0.234 e. The minimum atomic E-state index is 0.0841. The zero-order valence-corrected chi connectivity index (χ0v) is 13.0. The highest BCUT2D eigenvalue weighted by atomic mass is 32.1. The first-order valence-electron chi connectivity index (χ1n) is 7.05. The Balaban J connectivity index is 1.65. The van der Waals surface area contributed by atoms with E-state index in [4.69, 9.17) is 22.7 Å². The number of hydrogen-bond donors (Lipinski definition) is 2. The Hall–Kier alpha value is -1.66. The van der Waals surface area contributed by atoms with Crippen LogP contribution in [0.5, 0.6) is 5.75 Å². The van der Waals surface area contributed by atoms with Gasteiger partial charge >= 0.3 is 0 Å². The average Bonchev–Trinajstić information content (AvgIpc) is 3.23. The third-order valence-electron chi connectivity index (χ3n) is 3.24. The minimum Gasteiger partial charge on any atom is -0.492 e. The van der Waals surface area contributed by atoms with Gasteiger partial charge in [-0.05, 0) is 44.2 Å². The van der Waals surface area contributed by atoms with Crippen molar-refractivity contribution in [1.29, 1.82) is 0 Å². The van der Waals surface area contributed by atoms with Crippen molar-refractivity contribution >= 4 is 23.1 Å². The van der Waals surface area contributed by atoms with Gasteiger partial charge in [0.25, 0.3) is 0 Å². The van der Waals surface area contributed by atoms with Gasteiger partial charge in [0.1, 0.15) is 17.3 Å². The molecule has 1 aromatic rings. The van der Waals surface area contributed by atoms with Crippen LogP contribution in [0.4, 0.5) is 0 Å². The van der Waals surface area contributed by atoms with E-state index in [1.54, 1.807) is 0 Å². The molecule has 2 rings (SSSR count). The molecule has 1 aromatic carbocycles. The highest BCUT2D eigenvalue weighted by Crippen LogP contribution is 2.18. The van der Waals surface area contributed by atoms with Gasteiger partial charge < -0.3 is 15.8 Å². The minimum absolute atomic E-state index is 0.0841. The Morgan fingerprint density at radius 1 is 1.43 bits per heavy atom. The van der Waals surface area contributed by atoms with Crippen molar-refractivity contribution in [2.75, 3.05) is 26.7 Å². The van der Waals surface area contributed by atoms with Crippen LogP contribution in [0.15, 0.2) is 24.3 Å². The number of amides is 1. The number of thiocarbonyl (C=S) groups is 1. The SMILES string of the molecule is CN(CCOc1ccc(C(N)=S)cc1)CC(=O)NC1CC1. The van der Waals surface area contributed by atoms with E-state index in [2.05, 4.69) is 5.32 Å². The van der Waals surface area contributed by atoms with Crippen LogP contribution >= 0.6 is 12.2 Å². The third-order valence-corrected chi connectivity index (χ3v) is 3.47. The van der Waals surface area contributed by atoms with E-state index >= 15 is 0 Å².